The van der Waals surface area contributed by atoms with E-state index < -0.39 is 11.8 Å². The van der Waals surface area contributed by atoms with Crippen molar-refractivity contribution in [2.24, 2.45) is 0 Å². The van der Waals surface area contributed by atoms with E-state index in [1.54, 1.807) is 18.2 Å². The van der Waals surface area contributed by atoms with Crippen LogP contribution in [0.15, 0.2) is 88.2 Å². The number of fused-ring (bicyclic) bond motifs is 1. The van der Waals surface area contributed by atoms with Crippen LogP contribution >= 0.6 is 0 Å². The molecule has 0 saturated carbocycles. The van der Waals surface area contributed by atoms with Gasteiger partial charge in [-0.2, -0.15) is 0 Å². The summed E-state index contributed by atoms with van der Waals surface area (Å²) in [5.41, 5.74) is 3.05. The van der Waals surface area contributed by atoms with Gasteiger partial charge >= 0.3 is 5.97 Å². The number of carboxylic acids is 1. The highest BCUT2D eigenvalue weighted by Crippen LogP contribution is 2.28. The van der Waals surface area contributed by atoms with E-state index >= 15 is 0 Å². The Balaban J connectivity index is 1.56. The third-order valence-corrected chi connectivity index (χ3v) is 5.93. The number of unbranched alkanes of at least 4 members (excludes halogenated alkanes) is 1. The van der Waals surface area contributed by atoms with E-state index in [1.807, 2.05) is 36.4 Å². The lowest BCUT2D eigenvalue weighted by Crippen LogP contribution is -2.24. The molecule has 36 heavy (non-hydrogen) atoms. The highest BCUT2D eigenvalue weighted by molar-refractivity contribution is 5.83. The first-order chi connectivity index (χ1) is 17.5. The van der Waals surface area contributed by atoms with Crippen LogP contribution in [0.1, 0.15) is 25.1 Å². The Kier molecular flexibility index (Phi) is 6.40. The van der Waals surface area contributed by atoms with Gasteiger partial charge in [0, 0.05) is 30.0 Å². The topological polar surface area (TPSA) is 98.2 Å². The summed E-state index contributed by atoms with van der Waals surface area (Å²) in [5.74, 6) is -0.258. The molecule has 180 valence electrons. The molecule has 0 spiro atoms. The quantitative estimate of drug-likeness (QED) is 0.287. The van der Waals surface area contributed by atoms with Gasteiger partial charge in [0.1, 0.15) is 17.3 Å². The maximum Gasteiger partial charge on any atom is 0.303 e. The molecule has 5 aromatic rings. The Hall–Kier alpha value is -4.59. The first-order valence-electron chi connectivity index (χ1n) is 11.6. The zero-order valence-corrected chi connectivity index (χ0v) is 19.2. The molecule has 0 amide bonds. The average molecular weight is 483 g/mol. The minimum absolute atomic E-state index is 0.0355. The Morgan fingerprint density at radius 3 is 2.47 bits per heavy atom. The minimum Gasteiger partial charge on any atom is -0.481 e. The second-order valence-corrected chi connectivity index (χ2v) is 8.42. The number of benzene rings is 3. The van der Waals surface area contributed by atoms with Gasteiger partial charge in [-0.1, -0.05) is 41.6 Å². The summed E-state index contributed by atoms with van der Waals surface area (Å²) in [5, 5.41) is 13.5. The lowest BCUT2D eigenvalue weighted by molar-refractivity contribution is -0.137. The van der Waals surface area contributed by atoms with Crippen molar-refractivity contribution in [1.82, 2.24) is 14.7 Å². The standard InChI is InChI=1S/C28H22FN3O4/c29-20-11-13-21(14-12-20)32-26(8-4-5-9-27(33)34)30-24-16-19(10-15-22(24)28(32)35)25-17-23(31-36-25)18-6-2-1-3-7-18/h1-3,6-7,10-17H,4-5,8-9H2,(H,33,34). The number of carbonyl (C=O) groups is 1. The Morgan fingerprint density at radius 2 is 1.72 bits per heavy atom. The molecule has 0 aliphatic rings. The van der Waals surface area contributed by atoms with E-state index in [9.17, 15) is 14.0 Å². The SMILES string of the molecule is O=C(O)CCCCc1nc2cc(-c3cc(-c4ccccc4)no3)ccc2c(=O)n1-c1ccc(F)cc1. The number of aryl methyl sites for hydroxylation is 1. The van der Waals surface area contributed by atoms with Gasteiger partial charge in [0.2, 0.25) is 0 Å². The van der Waals surface area contributed by atoms with Gasteiger partial charge in [0.05, 0.1) is 16.6 Å². The average Bonchev–Trinajstić information content (AvgIpc) is 3.38. The fraction of sp³-hybridized carbons (Fsp3) is 0.143. The van der Waals surface area contributed by atoms with E-state index in [-0.39, 0.29) is 12.0 Å². The van der Waals surface area contributed by atoms with Crippen LogP contribution in [-0.2, 0) is 11.2 Å². The van der Waals surface area contributed by atoms with Crippen molar-refractivity contribution in [2.75, 3.05) is 0 Å². The number of nitrogens with zero attached hydrogens (tertiary/aromatic N) is 3. The van der Waals surface area contributed by atoms with Crippen molar-refractivity contribution >= 4 is 16.9 Å². The number of aliphatic carboxylic acids is 1. The van der Waals surface area contributed by atoms with E-state index in [2.05, 4.69) is 5.16 Å². The molecule has 0 aliphatic heterocycles. The maximum absolute atomic E-state index is 13.5. The van der Waals surface area contributed by atoms with Gasteiger partial charge in [0.25, 0.3) is 5.56 Å². The molecule has 0 radical (unpaired) electrons. The number of halogens is 1. The molecule has 0 saturated heterocycles. The molecule has 0 bridgehead atoms. The van der Waals surface area contributed by atoms with Crippen LogP contribution in [0.3, 0.4) is 0 Å². The van der Waals surface area contributed by atoms with Gasteiger partial charge in [-0.3, -0.25) is 14.2 Å². The summed E-state index contributed by atoms with van der Waals surface area (Å²) in [6, 6.07) is 22.4. The lowest BCUT2D eigenvalue weighted by atomic mass is 10.1. The third kappa shape index (κ3) is 4.79. The van der Waals surface area contributed by atoms with Gasteiger partial charge in [0.15, 0.2) is 5.76 Å². The molecule has 5 rings (SSSR count). The first-order valence-corrected chi connectivity index (χ1v) is 11.6. The van der Waals surface area contributed by atoms with Crippen LogP contribution in [0, 0.1) is 5.82 Å². The summed E-state index contributed by atoms with van der Waals surface area (Å²) in [6.07, 6.45) is 1.41. The maximum atomic E-state index is 13.5. The monoisotopic (exact) mass is 483 g/mol. The summed E-state index contributed by atoms with van der Waals surface area (Å²) in [4.78, 5) is 29.2. The molecule has 0 atom stereocenters. The van der Waals surface area contributed by atoms with E-state index in [4.69, 9.17) is 14.6 Å². The van der Waals surface area contributed by atoms with Crippen LogP contribution in [0.5, 0.6) is 0 Å². The van der Waals surface area contributed by atoms with Gasteiger partial charge in [-0.05, 0) is 49.2 Å². The highest BCUT2D eigenvalue weighted by atomic mass is 19.1. The van der Waals surface area contributed by atoms with Crippen molar-refractivity contribution in [3.05, 3.63) is 101 Å². The molecule has 0 aliphatic carbocycles. The second kappa shape index (κ2) is 9.95. The van der Waals surface area contributed by atoms with Crippen molar-refractivity contribution < 1.29 is 18.8 Å². The fourth-order valence-corrected chi connectivity index (χ4v) is 4.12. The smallest absolute Gasteiger partial charge is 0.303 e. The number of carboxylic acid groups (broad SMARTS) is 1. The third-order valence-electron chi connectivity index (χ3n) is 5.93. The summed E-state index contributed by atoms with van der Waals surface area (Å²) < 4.78 is 20.6. The summed E-state index contributed by atoms with van der Waals surface area (Å²) >= 11 is 0. The molecular weight excluding hydrogens is 461 g/mol. The van der Waals surface area contributed by atoms with E-state index in [0.29, 0.717) is 53.1 Å². The molecule has 2 heterocycles. The number of rotatable bonds is 8. The van der Waals surface area contributed by atoms with Gasteiger partial charge in [-0.15, -0.1) is 0 Å². The highest BCUT2D eigenvalue weighted by Gasteiger charge is 2.16. The van der Waals surface area contributed by atoms with Crippen molar-refractivity contribution in [1.29, 1.82) is 0 Å². The predicted molar refractivity (Wildman–Crippen MR) is 133 cm³/mol. The Labute approximate surface area is 205 Å². The molecule has 2 aromatic heterocycles. The largest absolute Gasteiger partial charge is 0.481 e. The van der Waals surface area contributed by atoms with Crippen molar-refractivity contribution in [3.8, 4) is 28.3 Å². The Bertz CT molecular complexity index is 1590. The van der Waals surface area contributed by atoms with Crippen LogP contribution < -0.4 is 5.56 Å². The molecule has 8 heteroatoms. The second-order valence-electron chi connectivity index (χ2n) is 8.42. The lowest BCUT2D eigenvalue weighted by Gasteiger charge is -2.14. The molecule has 1 N–H and O–H groups in total. The zero-order valence-electron chi connectivity index (χ0n) is 19.2. The van der Waals surface area contributed by atoms with Crippen molar-refractivity contribution in [3.63, 3.8) is 0 Å². The molecular formula is C28H22FN3O4. The summed E-state index contributed by atoms with van der Waals surface area (Å²) in [7, 11) is 0. The van der Waals surface area contributed by atoms with Gasteiger partial charge < -0.3 is 9.63 Å². The molecule has 0 fully saturated rings. The van der Waals surface area contributed by atoms with E-state index in [0.717, 1.165) is 11.1 Å². The molecule has 3 aromatic carbocycles. The number of aromatic nitrogens is 3. The van der Waals surface area contributed by atoms with Crippen LogP contribution in [-0.4, -0.2) is 25.8 Å². The molecule has 7 nitrogen and oxygen atoms in total. The zero-order chi connectivity index (χ0) is 25.1. The summed E-state index contributed by atoms with van der Waals surface area (Å²) in [6.45, 7) is 0. The normalized spacial score (nSPS) is 11.1. The van der Waals surface area contributed by atoms with Crippen LogP contribution in [0.4, 0.5) is 4.39 Å². The number of hydrogen-bond acceptors (Lipinski definition) is 5. The number of hydrogen-bond donors (Lipinski definition) is 1. The molecule has 0 unspecified atom stereocenters. The minimum atomic E-state index is -0.871. The van der Waals surface area contributed by atoms with E-state index in [1.165, 1.54) is 28.8 Å². The van der Waals surface area contributed by atoms with Crippen LogP contribution in [0.25, 0.3) is 39.2 Å². The van der Waals surface area contributed by atoms with Crippen LogP contribution in [0.2, 0.25) is 0 Å². The predicted octanol–water partition coefficient (Wildman–Crippen LogP) is 5.64. The van der Waals surface area contributed by atoms with Gasteiger partial charge in [-0.25, -0.2) is 9.37 Å². The first kappa shape index (κ1) is 23.2. The Morgan fingerprint density at radius 1 is 0.944 bits per heavy atom. The fourth-order valence-electron chi connectivity index (χ4n) is 4.12. The van der Waals surface area contributed by atoms with Crippen molar-refractivity contribution in [2.45, 2.75) is 25.7 Å².